The van der Waals surface area contributed by atoms with Gasteiger partial charge in [0, 0.05) is 18.7 Å². The average molecular weight is 364 g/mol. The van der Waals surface area contributed by atoms with E-state index in [0.29, 0.717) is 18.5 Å². The molecule has 0 heterocycles. The maximum absolute atomic E-state index is 12.9. The van der Waals surface area contributed by atoms with Crippen molar-refractivity contribution >= 4 is 15.9 Å². The molecule has 134 valence electrons. The van der Waals surface area contributed by atoms with Crippen LogP contribution in [-0.4, -0.2) is 27.4 Å². The minimum atomic E-state index is -3.72. The van der Waals surface area contributed by atoms with Gasteiger partial charge in [-0.25, -0.2) is 17.5 Å². The van der Waals surface area contributed by atoms with Crippen molar-refractivity contribution in [1.29, 1.82) is 0 Å². The van der Waals surface area contributed by atoms with Crippen molar-refractivity contribution in [2.24, 2.45) is 0 Å². The minimum Gasteiger partial charge on any atom is -0.352 e. The van der Waals surface area contributed by atoms with Crippen LogP contribution < -0.4 is 10.0 Å². The van der Waals surface area contributed by atoms with E-state index in [4.69, 9.17) is 0 Å². The highest BCUT2D eigenvalue weighted by Gasteiger charge is 2.15. The Morgan fingerprint density at radius 2 is 1.80 bits per heavy atom. The molecule has 2 aromatic carbocycles. The van der Waals surface area contributed by atoms with Crippen molar-refractivity contribution in [2.75, 3.05) is 13.1 Å². The number of benzene rings is 2. The van der Waals surface area contributed by atoms with Gasteiger partial charge in [-0.2, -0.15) is 0 Å². The average Bonchev–Trinajstić information content (AvgIpc) is 2.61. The summed E-state index contributed by atoms with van der Waals surface area (Å²) >= 11 is 0. The third kappa shape index (κ3) is 5.65. The lowest BCUT2D eigenvalue weighted by Gasteiger charge is -2.09. The van der Waals surface area contributed by atoms with Gasteiger partial charge in [0.1, 0.15) is 5.82 Å². The van der Waals surface area contributed by atoms with Gasteiger partial charge in [-0.15, -0.1) is 0 Å². The van der Waals surface area contributed by atoms with Crippen molar-refractivity contribution in [3.8, 4) is 0 Å². The quantitative estimate of drug-likeness (QED) is 0.756. The van der Waals surface area contributed by atoms with Crippen molar-refractivity contribution in [3.63, 3.8) is 0 Å². The first-order valence-electron chi connectivity index (χ1n) is 8.05. The number of rotatable bonds is 8. The molecule has 0 aliphatic heterocycles. The molecule has 0 aliphatic carbocycles. The van der Waals surface area contributed by atoms with Crippen LogP contribution in [0, 0.1) is 5.82 Å². The number of halogens is 1. The molecule has 7 heteroatoms. The molecule has 25 heavy (non-hydrogen) atoms. The van der Waals surface area contributed by atoms with E-state index >= 15 is 0 Å². The van der Waals surface area contributed by atoms with Crippen LogP contribution in [0.1, 0.15) is 29.3 Å². The summed E-state index contributed by atoms with van der Waals surface area (Å²) in [5.74, 6) is -0.632. The molecule has 0 radical (unpaired) electrons. The summed E-state index contributed by atoms with van der Waals surface area (Å²) in [7, 11) is -3.72. The molecule has 2 rings (SSSR count). The fraction of sp³-hybridized carbons (Fsp3) is 0.278. The molecule has 0 aromatic heterocycles. The Balaban J connectivity index is 2.01. The molecule has 0 atom stereocenters. The number of sulfonamides is 1. The maximum Gasteiger partial charge on any atom is 0.251 e. The van der Waals surface area contributed by atoms with Gasteiger partial charge < -0.3 is 5.32 Å². The molecule has 1 amide bonds. The SMILES string of the molecule is CCCNC(=O)c1cccc(S(=O)(=O)NCCc2ccc(F)cc2)c1. The first-order valence-corrected chi connectivity index (χ1v) is 9.53. The van der Waals surface area contributed by atoms with Gasteiger partial charge >= 0.3 is 0 Å². The highest BCUT2D eigenvalue weighted by molar-refractivity contribution is 7.89. The van der Waals surface area contributed by atoms with E-state index in [-0.39, 0.29) is 23.2 Å². The molecule has 0 fully saturated rings. The third-order valence-corrected chi connectivity index (χ3v) is 5.02. The van der Waals surface area contributed by atoms with E-state index in [1.54, 1.807) is 18.2 Å². The summed E-state index contributed by atoms with van der Waals surface area (Å²) in [6, 6.07) is 11.8. The number of carbonyl (C=O) groups excluding carboxylic acids is 1. The predicted molar refractivity (Wildman–Crippen MR) is 94.4 cm³/mol. The lowest BCUT2D eigenvalue weighted by atomic mass is 10.1. The third-order valence-electron chi connectivity index (χ3n) is 3.56. The molecular formula is C18H21FN2O3S. The second-order valence-electron chi connectivity index (χ2n) is 5.56. The summed E-state index contributed by atoms with van der Waals surface area (Å²) < 4.78 is 40.1. The van der Waals surface area contributed by atoms with Crippen LogP contribution in [0.15, 0.2) is 53.4 Å². The molecule has 0 unspecified atom stereocenters. The number of carbonyl (C=O) groups is 1. The minimum absolute atomic E-state index is 0.0377. The standard InChI is InChI=1S/C18H21FN2O3S/c1-2-11-20-18(22)15-4-3-5-17(13-15)25(23,24)21-12-10-14-6-8-16(19)9-7-14/h3-9,13,21H,2,10-12H2,1H3,(H,20,22). The summed E-state index contributed by atoms with van der Waals surface area (Å²) in [5, 5.41) is 2.71. The summed E-state index contributed by atoms with van der Waals surface area (Å²) in [5.41, 5.74) is 1.13. The molecule has 2 aromatic rings. The summed E-state index contributed by atoms with van der Waals surface area (Å²) in [4.78, 5) is 12.0. The van der Waals surface area contributed by atoms with Crippen LogP contribution in [-0.2, 0) is 16.4 Å². The van der Waals surface area contributed by atoms with Gasteiger partial charge in [0.25, 0.3) is 5.91 Å². The van der Waals surface area contributed by atoms with Gasteiger partial charge in [-0.3, -0.25) is 4.79 Å². The zero-order chi connectivity index (χ0) is 18.3. The van der Waals surface area contributed by atoms with E-state index in [9.17, 15) is 17.6 Å². The Kier molecular flexibility index (Phi) is 6.66. The summed E-state index contributed by atoms with van der Waals surface area (Å²) in [6.07, 6.45) is 1.24. The monoisotopic (exact) mass is 364 g/mol. The van der Waals surface area contributed by atoms with E-state index in [1.807, 2.05) is 6.92 Å². The molecular weight excluding hydrogens is 343 g/mol. The smallest absolute Gasteiger partial charge is 0.251 e. The molecule has 5 nitrogen and oxygen atoms in total. The zero-order valence-electron chi connectivity index (χ0n) is 14.0. The molecule has 2 N–H and O–H groups in total. The van der Waals surface area contributed by atoms with Crippen molar-refractivity contribution in [1.82, 2.24) is 10.0 Å². The van der Waals surface area contributed by atoms with Crippen LogP contribution in [0.2, 0.25) is 0 Å². The molecule has 0 aliphatic rings. The fourth-order valence-corrected chi connectivity index (χ4v) is 3.29. The van der Waals surface area contributed by atoms with E-state index < -0.39 is 10.0 Å². The van der Waals surface area contributed by atoms with Crippen LogP contribution in [0.5, 0.6) is 0 Å². The van der Waals surface area contributed by atoms with Gasteiger partial charge in [-0.05, 0) is 48.7 Å². The Hall–Kier alpha value is -2.25. The lowest BCUT2D eigenvalue weighted by molar-refractivity contribution is 0.0953. The zero-order valence-corrected chi connectivity index (χ0v) is 14.8. The van der Waals surface area contributed by atoms with Crippen molar-refractivity contribution in [3.05, 3.63) is 65.5 Å². The molecule has 0 saturated carbocycles. The highest BCUT2D eigenvalue weighted by atomic mass is 32.2. The van der Waals surface area contributed by atoms with Gasteiger partial charge in [0.05, 0.1) is 4.90 Å². The van der Waals surface area contributed by atoms with E-state index in [2.05, 4.69) is 10.0 Å². The van der Waals surface area contributed by atoms with Crippen molar-refractivity contribution in [2.45, 2.75) is 24.7 Å². The molecule has 0 spiro atoms. The van der Waals surface area contributed by atoms with Gasteiger partial charge in [0.15, 0.2) is 0 Å². The first-order chi connectivity index (χ1) is 11.9. The molecule has 0 bridgehead atoms. The maximum atomic E-state index is 12.9. The van der Waals surface area contributed by atoms with Crippen molar-refractivity contribution < 1.29 is 17.6 Å². The van der Waals surface area contributed by atoms with Crippen LogP contribution in [0.4, 0.5) is 4.39 Å². The van der Waals surface area contributed by atoms with Crippen LogP contribution in [0.3, 0.4) is 0 Å². The van der Waals surface area contributed by atoms with Gasteiger partial charge in [0.2, 0.25) is 10.0 Å². The number of amides is 1. The Morgan fingerprint density at radius 1 is 1.08 bits per heavy atom. The summed E-state index contributed by atoms with van der Waals surface area (Å²) in [6.45, 7) is 2.65. The first kappa shape index (κ1) is 19.1. The Labute approximate surface area is 147 Å². The Bertz CT molecular complexity index is 820. The highest BCUT2D eigenvalue weighted by Crippen LogP contribution is 2.12. The molecule has 0 saturated heterocycles. The van der Waals surface area contributed by atoms with Crippen LogP contribution >= 0.6 is 0 Å². The second kappa shape index (κ2) is 8.73. The largest absolute Gasteiger partial charge is 0.352 e. The lowest BCUT2D eigenvalue weighted by Crippen LogP contribution is -2.27. The normalized spacial score (nSPS) is 11.3. The Morgan fingerprint density at radius 3 is 2.48 bits per heavy atom. The number of hydrogen-bond acceptors (Lipinski definition) is 3. The van der Waals surface area contributed by atoms with Crippen LogP contribution in [0.25, 0.3) is 0 Å². The fourth-order valence-electron chi connectivity index (χ4n) is 2.21. The predicted octanol–water partition coefficient (Wildman–Crippen LogP) is 2.49. The van der Waals surface area contributed by atoms with E-state index in [1.165, 1.54) is 30.3 Å². The van der Waals surface area contributed by atoms with E-state index in [0.717, 1.165) is 12.0 Å². The second-order valence-corrected chi connectivity index (χ2v) is 7.32. The number of hydrogen-bond donors (Lipinski definition) is 2. The number of nitrogens with one attached hydrogen (secondary N) is 2. The topological polar surface area (TPSA) is 75.3 Å². The van der Waals surface area contributed by atoms with Gasteiger partial charge in [-0.1, -0.05) is 25.1 Å².